The molecule has 1 N–H and O–H groups in total. The van der Waals surface area contributed by atoms with E-state index >= 15 is 0 Å². The van der Waals surface area contributed by atoms with Crippen molar-refractivity contribution >= 4 is 30.0 Å². The third-order valence-electron chi connectivity index (χ3n) is 7.60. The molecule has 3 saturated carbocycles. The lowest BCUT2D eigenvalue weighted by Crippen LogP contribution is -2.49. The minimum atomic E-state index is -0.489. The van der Waals surface area contributed by atoms with Gasteiger partial charge in [-0.2, -0.15) is 0 Å². The Balaban J connectivity index is 0. The number of nitrogens with one attached hydrogen (secondary N) is 1. The summed E-state index contributed by atoms with van der Waals surface area (Å²) >= 11 is 0. The number of hydrogen-bond acceptors (Lipinski definition) is 11. The van der Waals surface area contributed by atoms with Gasteiger partial charge in [0, 0.05) is 25.6 Å². The van der Waals surface area contributed by atoms with E-state index in [4.69, 9.17) is 9.47 Å². The number of hydrogen-bond donors (Lipinski definition) is 1. The van der Waals surface area contributed by atoms with Crippen LogP contribution in [-0.2, 0) is 42.9 Å². The fourth-order valence-corrected chi connectivity index (χ4v) is 4.84. The van der Waals surface area contributed by atoms with Crippen molar-refractivity contribution in [3.8, 4) is 0 Å². The summed E-state index contributed by atoms with van der Waals surface area (Å²) in [5.41, 5.74) is -0.917. The van der Waals surface area contributed by atoms with E-state index < -0.39 is 11.2 Å². The zero-order chi connectivity index (χ0) is 33.1. The molecule has 0 aromatic rings. The Morgan fingerprint density at radius 3 is 1.40 bits per heavy atom. The van der Waals surface area contributed by atoms with Gasteiger partial charge in [-0.3, -0.25) is 19.2 Å². The maximum Gasteiger partial charge on any atom is 0.410 e. The summed E-state index contributed by atoms with van der Waals surface area (Å²) in [6.07, 6.45) is 4.73. The standard InChI is InChI=1S/C12H21NO4.C12H20O4.C7H13NO2.2CH4/c1-12(2,3)17-11(15)13(4)9-6-8(7-9)10(14)16-5;1-12(2,3)16-10(13)7-8-5-9(6-8)11(14)15-4;1-8-6-3-5(4-6)7(9)10-2;;/h8-9H,6-7H2,1-5H3;8-9H,5-7H2,1-4H3;5-6,8H,3-4H2,1-2H3;2*1H4. The van der Waals surface area contributed by atoms with Gasteiger partial charge in [-0.1, -0.05) is 14.9 Å². The van der Waals surface area contributed by atoms with Crippen LogP contribution >= 0.6 is 0 Å². The maximum atomic E-state index is 11.7. The normalized spacial score (nSPS) is 24.5. The molecule has 3 aliphatic rings. The van der Waals surface area contributed by atoms with Gasteiger partial charge in [0.05, 0.1) is 39.1 Å². The summed E-state index contributed by atoms with van der Waals surface area (Å²) in [5, 5.41) is 3.10. The predicted octanol–water partition coefficient (Wildman–Crippen LogP) is 5.15. The molecule has 0 saturated heterocycles. The molecule has 0 atom stereocenters. The second-order valence-electron chi connectivity index (χ2n) is 13.5. The van der Waals surface area contributed by atoms with E-state index in [1.54, 1.807) is 11.9 Å². The number of esters is 4. The highest BCUT2D eigenvalue weighted by molar-refractivity contribution is 5.75. The van der Waals surface area contributed by atoms with Crippen LogP contribution < -0.4 is 5.32 Å². The zero-order valence-electron chi connectivity index (χ0n) is 27.9. The smallest absolute Gasteiger partial charge is 0.410 e. The van der Waals surface area contributed by atoms with Crippen LogP contribution in [0.3, 0.4) is 0 Å². The van der Waals surface area contributed by atoms with Crippen LogP contribution in [0.2, 0.25) is 0 Å². The number of carbonyl (C=O) groups is 5. The summed E-state index contributed by atoms with van der Waals surface area (Å²) in [6.45, 7) is 11.0. The van der Waals surface area contributed by atoms with Crippen molar-refractivity contribution in [2.24, 2.45) is 23.7 Å². The van der Waals surface area contributed by atoms with Gasteiger partial charge in [0.15, 0.2) is 0 Å². The third kappa shape index (κ3) is 15.8. The molecule has 0 aliphatic heterocycles. The van der Waals surface area contributed by atoms with Gasteiger partial charge >= 0.3 is 30.0 Å². The molecular weight excluding hydrogens is 584 g/mol. The first kappa shape index (κ1) is 44.2. The monoisotopic (exact) mass is 646 g/mol. The van der Waals surface area contributed by atoms with E-state index in [-0.39, 0.29) is 74.5 Å². The number of nitrogens with zero attached hydrogens (tertiary/aromatic N) is 1. The molecule has 0 unspecified atom stereocenters. The first-order valence-corrected chi connectivity index (χ1v) is 14.9. The third-order valence-corrected chi connectivity index (χ3v) is 7.60. The van der Waals surface area contributed by atoms with Crippen LogP contribution in [0, 0.1) is 23.7 Å². The number of carbonyl (C=O) groups excluding carboxylic acids is 5. The summed E-state index contributed by atoms with van der Waals surface area (Å²) in [7, 11) is 7.83. The molecule has 0 aromatic heterocycles. The molecule has 3 fully saturated rings. The fourth-order valence-electron chi connectivity index (χ4n) is 4.84. The summed E-state index contributed by atoms with van der Waals surface area (Å²) < 4.78 is 24.3. The Hall–Kier alpha value is -2.89. The van der Waals surface area contributed by atoms with Crippen LogP contribution in [0.5, 0.6) is 0 Å². The van der Waals surface area contributed by atoms with Gasteiger partial charge in [-0.05, 0) is 93.0 Å². The van der Waals surface area contributed by atoms with E-state index in [0.717, 1.165) is 25.7 Å². The average molecular weight is 647 g/mol. The Labute approximate surface area is 271 Å². The maximum absolute atomic E-state index is 11.7. The molecule has 0 aromatic carbocycles. The number of methoxy groups -OCH3 is 3. The highest BCUT2D eigenvalue weighted by Crippen LogP contribution is 2.37. The molecule has 1 amide bonds. The van der Waals surface area contributed by atoms with E-state index in [1.807, 2.05) is 48.6 Å². The Morgan fingerprint density at radius 1 is 0.667 bits per heavy atom. The minimum absolute atomic E-state index is 0. The van der Waals surface area contributed by atoms with Crippen LogP contribution in [-0.4, -0.2) is 93.6 Å². The summed E-state index contributed by atoms with van der Waals surface area (Å²) in [4.78, 5) is 57.9. The van der Waals surface area contributed by atoms with Crippen molar-refractivity contribution < 1.29 is 47.7 Å². The quantitative estimate of drug-likeness (QED) is 0.289. The minimum Gasteiger partial charge on any atom is -0.469 e. The Bertz CT molecular complexity index is 938. The van der Waals surface area contributed by atoms with Crippen molar-refractivity contribution in [3.05, 3.63) is 0 Å². The first-order chi connectivity index (χ1) is 19.8. The second kappa shape index (κ2) is 19.6. The van der Waals surface area contributed by atoms with Gasteiger partial charge in [-0.25, -0.2) is 4.79 Å². The summed E-state index contributed by atoms with van der Waals surface area (Å²) in [5.74, 6) is -0.264. The van der Waals surface area contributed by atoms with Crippen molar-refractivity contribution in [2.75, 3.05) is 35.4 Å². The van der Waals surface area contributed by atoms with Gasteiger partial charge in [0.25, 0.3) is 0 Å². The molecule has 12 heteroatoms. The molecule has 0 radical (unpaired) electrons. The van der Waals surface area contributed by atoms with Crippen LogP contribution in [0.4, 0.5) is 4.79 Å². The molecule has 12 nitrogen and oxygen atoms in total. The molecule has 3 rings (SSSR count). The topological polar surface area (TPSA) is 147 Å². The second-order valence-corrected chi connectivity index (χ2v) is 13.5. The van der Waals surface area contributed by atoms with E-state index in [1.165, 1.54) is 21.3 Å². The lowest BCUT2D eigenvalue weighted by Gasteiger charge is -2.39. The largest absolute Gasteiger partial charge is 0.469 e. The van der Waals surface area contributed by atoms with Gasteiger partial charge in [0.1, 0.15) is 11.2 Å². The van der Waals surface area contributed by atoms with E-state index in [0.29, 0.717) is 25.3 Å². The predicted molar refractivity (Wildman–Crippen MR) is 172 cm³/mol. The average Bonchev–Trinajstić information content (AvgIpc) is 2.82. The molecule has 0 heterocycles. The molecule has 45 heavy (non-hydrogen) atoms. The van der Waals surface area contributed by atoms with Gasteiger partial charge in [-0.15, -0.1) is 0 Å². The van der Waals surface area contributed by atoms with Gasteiger partial charge < -0.3 is 33.9 Å². The van der Waals surface area contributed by atoms with E-state index in [2.05, 4.69) is 19.5 Å². The lowest BCUT2D eigenvalue weighted by atomic mass is 9.73. The number of amides is 1. The SMILES string of the molecule is C.C.CNC1CC(C(=O)OC)C1.COC(=O)C1CC(CC(=O)OC(C)(C)C)C1.COC(=O)C1CC(N(C)C(=O)OC(C)(C)C)C1. The Morgan fingerprint density at radius 2 is 1.04 bits per heavy atom. The van der Waals surface area contributed by atoms with Gasteiger partial charge in [0.2, 0.25) is 0 Å². The van der Waals surface area contributed by atoms with Crippen LogP contribution in [0.15, 0.2) is 0 Å². The number of rotatable bonds is 7. The number of ether oxygens (including phenoxy) is 5. The molecular formula is C33H62N2O10. The van der Waals surface area contributed by atoms with Crippen LogP contribution in [0.1, 0.15) is 101 Å². The molecule has 264 valence electrons. The highest BCUT2D eigenvalue weighted by Gasteiger charge is 2.40. The van der Waals surface area contributed by atoms with Crippen LogP contribution in [0.25, 0.3) is 0 Å². The first-order valence-electron chi connectivity index (χ1n) is 14.9. The van der Waals surface area contributed by atoms with E-state index in [9.17, 15) is 24.0 Å². The lowest BCUT2D eigenvalue weighted by molar-refractivity contribution is -0.160. The fraction of sp³-hybridized carbons (Fsp3) is 0.848. The molecule has 3 aliphatic carbocycles. The zero-order valence-corrected chi connectivity index (χ0v) is 27.9. The molecule has 0 spiro atoms. The molecule has 0 bridgehead atoms. The van der Waals surface area contributed by atoms with Crippen molar-refractivity contribution in [2.45, 2.75) is 125 Å². The highest BCUT2D eigenvalue weighted by atomic mass is 16.6. The summed E-state index contributed by atoms with van der Waals surface area (Å²) in [6, 6.07) is 0.609. The van der Waals surface area contributed by atoms with Crippen molar-refractivity contribution in [1.29, 1.82) is 0 Å². The van der Waals surface area contributed by atoms with Crippen molar-refractivity contribution in [1.82, 2.24) is 10.2 Å². The van der Waals surface area contributed by atoms with Crippen molar-refractivity contribution in [3.63, 3.8) is 0 Å². The Kier molecular flexibility index (Phi) is 19.3.